The summed E-state index contributed by atoms with van der Waals surface area (Å²) in [5.74, 6) is 1.13. The second-order valence-electron chi connectivity index (χ2n) is 6.14. The van der Waals surface area contributed by atoms with Gasteiger partial charge in [-0.15, -0.1) is 0 Å². The van der Waals surface area contributed by atoms with E-state index in [4.69, 9.17) is 21.1 Å². The van der Waals surface area contributed by atoms with Crippen LogP contribution < -0.4 is 14.8 Å². The Morgan fingerprint density at radius 2 is 1.68 bits per heavy atom. The van der Waals surface area contributed by atoms with Crippen molar-refractivity contribution in [3.63, 3.8) is 0 Å². The van der Waals surface area contributed by atoms with E-state index in [2.05, 4.69) is 5.32 Å². The molecule has 144 valence electrons. The lowest BCUT2D eigenvalue weighted by Gasteiger charge is -2.14. The Morgan fingerprint density at radius 3 is 2.43 bits per heavy atom. The first kappa shape index (κ1) is 19.8. The fourth-order valence-corrected chi connectivity index (χ4v) is 2.92. The van der Waals surface area contributed by atoms with Crippen molar-refractivity contribution in [2.24, 2.45) is 0 Å². The van der Waals surface area contributed by atoms with E-state index in [0.717, 1.165) is 11.1 Å². The molecule has 3 aromatic rings. The van der Waals surface area contributed by atoms with Crippen LogP contribution in [0.25, 0.3) is 0 Å². The van der Waals surface area contributed by atoms with Crippen molar-refractivity contribution in [3.8, 4) is 11.5 Å². The molecular formula is C23H22ClNO3. The fraction of sp³-hybridized carbons (Fsp3) is 0.174. The second-order valence-corrected chi connectivity index (χ2v) is 6.55. The van der Waals surface area contributed by atoms with Gasteiger partial charge >= 0.3 is 0 Å². The van der Waals surface area contributed by atoms with Gasteiger partial charge in [0.05, 0.1) is 11.6 Å². The van der Waals surface area contributed by atoms with Crippen LogP contribution in [-0.4, -0.2) is 12.5 Å². The van der Waals surface area contributed by atoms with E-state index in [1.54, 1.807) is 30.3 Å². The van der Waals surface area contributed by atoms with Gasteiger partial charge in [-0.2, -0.15) is 0 Å². The molecule has 0 radical (unpaired) electrons. The molecule has 0 saturated heterocycles. The summed E-state index contributed by atoms with van der Waals surface area (Å²) in [6, 6.07) is 22.4. The number of para-hydroxylation sites is 1. The van der Waals surface area contributed by atoms with E-state index in [-0.39, 0.29) is 12.5 Å². The highest BCUT2D eigenvalue weighted by molar-refractivity contribution is 6.32. The summed E-state index contributed by atoms with van der Waals surface area (Å²) in [7, 11) is 0. The highest BCUT2D eigenvalue weighted by atomic mass is 35.5. The van der Waals surface area contributed by atoms with E-state index in [1.807, 2.05) is 49.4 Å². The van der Waals surface area contributed by atoms with Crippen molar-refractivity contribution in [1.82, 2.24) is 5.32 Å². The molecule has 0 aromatic heterocycles. The van der Waals surface area contributed by atoms with E-state index in [9.17, 15) is 4.79 Å². The summed E-state index contributed by atoms with van der Waals surface area (Å²) in [4.78, 5) is 12.6. The minimum Gasteiger partial charge on any atom is -0.493 e. The summed E-state index contributed by atoms with van der Waals surface area (Å²) < 4.78 is 11.5. The van der Waals surface area contributed by atoms with Crippen molar-refractivity contribution in [3.05, 3.63) is 94.5 Å². The SMILES string of the molecule is CCOc1ccc(C(=O)NCc2ccccc2)cc1COc1ccccc1Cl. The Bertz CT molecular complexity index is 928. The van der Waals surface area contributed by atoms with Crippen molar-refractivity contribution in [2.45, 2.75) is 20.1 Å². The van der Waals surface area contributed by atoms with Crippen molar-refractivity contribution >= 4 is 17.5 Å². The molecule has 0 unspecified atom stereocenters. The van der Waals surface area contributed by atoms with Crippen molar-refractivity contribution in [2.75, 3.05) is 6.61 Å². The Kier molecular flexibility index (Phi) is 6.93. The molecule has 0 aliphatic heterocycles. The van der Waals surface area contributed by atoms with Gasteiger partial charge in [0, 0.05) is 17.7 Å². The number of benzene rings is 3. The molecular weight excluding hydrogens is 374 g/mol. The third kappa shape index (κ3) is 5.27. The Labute approximate surface area is 170 Å². The molecule has 28 heavy (non-hydrogen) atoms. The Morgan fingerprint density at radius 1 is 0.929 bits per heavy atom. The maximum Gasteiger partial charge on any atom is 0.251 e. The molecule has 5 heteroatoms. The van der Waals surface area contributed by atoms with E-state index < -0.39 is 0 Å². The van der Waals surface area contributed by atoms with Crippen molar-refractivity contribution < 1.29 is 14.3 Å². The lowest BCUT2D eigenvalue weighted by molar-refractivity contribution is 0.0950. The molecule has 0 bridgehead atoms. The van der Waals surface area contributed by atoms with Crippen LogP contribution in [0.1, 0.15) is 28.4 Å². The van der Waals surface area contributed by atoms with Gasteiger partial charge in [-0.05, 0) is 42.8 Å². The fourth-order valence-electron chi connectivity index (χ4n) is 2.73. The molecule has 3 aromatic carbocycles. The topological polar surface area (TPSA) is 47.6 Å². The summed E-state index contributed by atoms with van der Waals surface area (Å²) in [6.45, 7) is 3.16. The van der Waals surface area contributed by atoms with Gasteiger partial charge < -0.3 is 14.8 Å². The summed E-state index contributed by atoms with van der Waals surface area (Å²) in [5, 5.41) is 3.47. The summed E-state index contributed by atoms with van der Waals surface area (Å²) >= 11 is 6.15. The van der Waals surface area contributed by atoms with Crippen LogP contribution in [0.3, 0.4) is 0 Å². The molecule has 0 fully saturated rings. The number of hydrogen-bond acceptors (Lipinski definition) is 3. The Balaban J connectivity index is 1.72. The minimum absolute atomic E-state index is 0.147. The third-order valence-corrected chi connectivity index (χ3v) is 4.45. The molecule has 1 amide bonds. The molecule has 0 saturated carbocycles. The lowest BCUT2D eigenvalue weighted by atomic mass is 10.1. The zero-order valence-electron chi connectivity index (χ0n) is 15.7. The van der Waals surface area contributed by atoms with E-state index in [0.29, 0.717) is 35.2 Å². The lowest BCUT2D eigenvalue weighted by Crippen LogP contribution is -2.23. The number of ether oxygens (including phenoxy) is 2. The molecule has 3 rings (SSSR count). The largest absolute Gasteiger partial charge is 0.493 e. The molecule has 0 aliphatic carbocycles. The zero-order chi connectivity index (χ0) is 19.8. The van der Waals surface area contributed by atoms with E-state index >= 15 is 0 Å². The van der Waals surface area contributed by atoms with Crippen LogP contribution in [0, 0.1) is 0 Å². The van der Waals surface area contributed by atoms with Gasteiger partial charge in [0.1, 0.15) is 18.1 Å². The second kappa shape index (κ2) is 9.81. The van der Waals surface area contributed by atoms with Crippen LogP contribution in [-0.2, 0) is 13.2 Å². The molecule has 4 nitrogen and oxygen atoms in total. The van der Waals surface area contributed by atoms with Crippen LogP contribution in [0.2, 0.25) is 5.02 Å². The molecule has 0 atom stereocenters. The maximum atomic E-state index is 12.6. The predicted octanol–water partition coefficient (Wildman–Crippen LogP) is 5.25. The number of halogens is 1. The van der Waals surface area contributed by atoms with E-state index in [1.165, 1.54) is 0 Å². The predicted molar refractivity (Wildman–Crippen MR) is 111 cm³/mol. The monoisotopic (exact) mass is 395 g/mol. The van der Waals surface area contributed by atoms with Crippen LogP contribution in [0.4, 0.5) is 0 Å². The van der Waals surface area contributed by atoms with Crippen molar-refractivity contribution in [1.29, 1.82) is 0 Å². The van der Waals surface area contributed by atoms with Crippen LogP contribution in [0.15, 0.2) is 72.8 Å². The standard InChI is InChI=1S/C23H22ClNO3/c1-2-27-21-13-12-18(23(26)25-15-17-8-4-3-5-9-17)14-19(21)16-28-22-11-7-6-10-20(22)24/h3-14H,2,15-16H2,1H3,(H,25,26). The van der Waals surface area contributed by atoms with Gasteiger partial charge in [0.25, 0.3) is 5.91 Å². The minimum atomic E-state index is -0.147. The number of carbonyl (C=O) groups is 1. The smallest absolute Gasteiger partial charge is 0.251 e. The average molecular weight is 396 g/mol. The number of rotatable bonds is 8. The number of amides is 1. The molecule has 0 aliphatic rings. The maximum absolute atomic E-state index is 12.6. The summed E-state index contributed by atoms with van der Waals surface area (Å²) in [6.07, 6.45) is 0. The zero-order valence-corrected chi connectivity index (χ0v) is 16.4. The van der Waals surface area contributed by atoms with Gasteiger partial charge in [-0.1, -0.05) is 54.1 Å². The highest BCUT2D eigenvalue weighted by Gasteiger charge is 2.12. The third-order valence-electron chi connectivity index (χ3n) is 4.14. The number of carbonyl (C=O) groups excluding carboxylic acids is 1. The van der Waals surface area contributed by atoms with Gasteiger partial charge in [0.2, 0.25) is 0 Å². The average Bonchev–Trinajstić information content (AvgIpc) is 2.73. The molecule has 1 N–H and O–H groups in total. The number of nitrogens with one attached hydrogen (secondary N) is 1. The first-order chi connectivity index (χ1) is 13.7. The van der Waals surface area contributed by atoms with Gasteiger partial charge in [0.15, 0.2) is 0 Å². The normalized spacial score (nSPS) is 10.4. The Hall–Kier alpha value is -2.98. The first-order valence-corrected chi connectivity index (χ1v) is 9.50. The van der Waals surface area contributed by atoms with Crippen LogP contribution in [0.5, 0.6) is 11.5 Å². The molecule has 0 heterocycles. The first-order valence-electron chi connectivity index (χ1n) is 9.12. The van der Waals surface area contributed by atoms with Gasteiger partial charge in [-0.25, -0.2) is 0 Å². The number of hydrogen-bond donors (Lipinski definition) is 1. The quantitative estimate of drug-likeness (QED) is 0.566. The van der Waals surface area contributed by atoms with Gasteiger partial charge in [-0.3, -0.25) is 4.79 Å². The van der Waals surface area contributed by atoms with Crippen LogP contribution >= 0.6 is 11.6 Å². The molecule has 0 spiro atoms. The highest BCUT2D eigenvalue weighted by Crippen LogP contribution is 2.27. The summed E-state index contributed by atoms with van der Waals surface area (Å²) in [5.41, 5.74) is 2.38.